The van der Waals surface area contributed by atoms with E-state index in [1.165, 1.54) is 44.6 Å². The number of hydrogen-bond donors (Lipinski definition) is 2. The fraction of sp³-hybridized carbons (Fsp3) is 0.933. The van der Waals surface area contributed by atoms with Crippen LogP contribution in [0.25, 0.3) is 0 Å². The van der Waals surface area contributed by atoms with E-state index in [0.29, 0.717) is 0 Å². The highest BCUT2D eigenvalue weighted by molar-refractivity contribution is 14.0. The topological polar surface area (TPSA) is 39.7 Å². The largest absolute Gasteiger partial charge is 0.357 e. The van der Waals surface area contributed by atoms with Gasteiger partial charge in [0.2, 0.25) is 0 Å². The van der Waals surface area contributed by atoms with E-state index in [-0.39, 0.29) is 24.0 Å². The van der Waals surface area contributed by atoms with Gasteiger partial charge in [0.15, 0.2) is 5.96 Å². The Morgan fingerprint density at radius 2 is 2.10 bits per heavy atom. The van der Waals surface area contributed by atoms with Crippen LogP contribution >= 0.6 is 35.7 Å². The van der Waals surface area contributed by atoms with Gasteiger partial charge in [0.25, 0.3) is 0 Å². The maximum atomic E-state index is 4.74. The Morgan fingerprint density at radius 1 is 1.29 bits per heavy atom. The van der Waals surface area contributed by atoms with Crippen molar-refractivity contribution in [3.63, 3.8) is 0 Å². The molecule has 0 spiro atoms. The fourth-order valence-corrected chi connectivity index (χ4v) is 2.98. The Kier molecular flexibility index (Phi) is 14.1. The van der Waals surface area contributed by atoms with E-state index in [1.54, 1.807) is 0 Å². The Bertz CT molecular complexity index is 276. The van der Waals surface area contributed by atoms with Crippen LogP contribution in [0.5, 0.6) is 0 Å². The lowest BCUT2D eigenvalue weighted by atomic mass is 10.1. The molecular formula is C15H33IN4S. The van der Waals surface area contributed by atoms with Gasteiger partial charge in [0.05, 0.1) is 0 Å². The monoisotopic (exact) mass is 428 g/mol. The SMILES string of the molecule is CCNC(=NCC1CCN(CC)C1)NCCCCSC.I. The van der Waals surface area contributed by atoms with Gasteiger partial charge in [-0.2, -0.15) is 11.8 Å². The predicted octanol–water partition coefficient (Wildman–Crippen LogP) is 2.64. The van der Waals surface area contributed by atoms with Crippen molar-refractivity contribution in [2.45, 2.75) is 33.1 Å². The zero-order valence-corrected chi connectivity index (χ0v) is 17.0. The summed E-state index contributed by atoms with van der Waals surface area (Å²) in [4.78, 5) is 7.26. The lowest BCUT2D eigenvalue weighted by molar-refractivity contribution is 0.343. The summed E-state index contributed by atoms with van der Waals surface area (Å²) in [6.07, 6.45) is 5.96. The summed E-state index contributed by atoms with van der Waals surface area (Å²) >= 11 is 1.92. The number of nitrogens with zero attached hydrogens (tertiary/aromatic N) is 2. The maximum absolute atomic E-state index is 4.74. The molecule has 1 fully saturated rings. The zero-order chi connectivity index (χ0) is 14.6. The number of guanidine groups is 1. The summed E-state index contributed by atoms with van der Waals surface area (Å²) in [5.41, 5.74) is 0. The molecule has 0 saturated carbocycles. The molecule has 0 bridgehead atoms. The first kappa shape index (κ1) is 21.3. The van der Waals surface area contributed by atoms with Gasteiger partial charge in [0.1, 0.15) is 0 Å². The van der Waals surface area contributed by atoms with E-state index in [2.05, 4.69) is 35.6 Å². The Hall–Kier alpha value is 0.310. The smallest absolute Gasteiger partial charge is 0.191 e. The fourth-order valence-electron chi connectivity index (χ4n) is 2.49. The highest BCUT2D eigenvalue weighted by Crippen LogP contribution is 2.15. The Labute approximate surface area is 152 Å². The average Bonchev–Trinajstić information content (AvgIpc) is 2.92. The van der Waals surface area contributed by atoms with Crippen LogP contribution in [0.2, 0.25) is 0 Å². The summed E-state index contributed by atoms with van der Waals surface area (Å²) in [6, 6.07) is 0. The molecule has 0 aliphatic carbocycles. The molecule has 0 aromatic rings. The Morgan fingerprint density at radius 3 is 2.71 bits per heavy atom. The molecule has 1 heterocycles. The number of halogens is 1. The third-order valence-electron chi connectivity index (χ3n) is 3.74. The summed E-state index contributed by atoms with van der Waals surface area (Å²) in [5.74, 6) is 2.98. The molecular weight excluding hydrogens is 395 g/mol. The van der Waals surface area contributed by atoms with Crippen molar-refractivity contribution in [1.29, 1.82) is 0 Å². The van der Waals surface area contributed by atoms with Crippen LogP contribution in [0.1, 0.15) is 33.1 Å². The van der Waals surface area contributed by atoms with Gasteiger partial charge in [-0.1, -0.05) is 6.92 Å². The molecule has 1 rings (SSSR count). The van der Waals surface area contributed by atoms with Gasteiger partial charge in [0, 0.05) is 26.2 Å². The number of likely N-dealkylation sites (tertiary alicyclic amines) is 1. The molecule has 1 unspecified atom stereocenters. The van der Waals surface area contributed by atoms with Crippen LogP contribution in [0, 0.1) is 5.92 Å². The van der Waals surface area contributed by atoms with Crippen LogP contribution in [-0.4, -0.2) is 62.1 Å². The van der Waals surface area contributed by atoms with Gasteiger partial charge < -0.3 is 15.5 Å². The molecule has 0 aromatic heterocycles. The van der Waals surface area contributed by atoms with Crippen molar-refractivity contribution in [3.8, 4) is 0 Å². The lowest BCUT2D eigenvalue weighted by Crippen LogP contribution is -2.38. The highest BCUT2D eigenvalue weighted by atomic mass is 127. The van der Waals surface area contributed by atoms with Crippen molar-refractivity contribution in [3.05, 3.63) is 0 Å². The average molecular weight is 428 g/mol. The molecule has 0 aromatic carbocycles. The van der Waals surface area contributed by atoms with Crippen LogP contribution in [-0.2, 0) is 0 Å². The predicted molar refractivity (Wildman–Crippen MR) is 107 cm³/mol. The molecule has 21 heavy (non-hydrogen) atoms. The Balaban J connectivity index is 0.00000400. The molecule has 1 saturated heterocycles. The van der Waals surface area contributed by atoms with Crippen LogP contribution in [0.15, 0.2) is 4.99 Å². The summed E-state index contributed by atoms with van der Waals surface area (Å²) in [7, 11) is 0. The van der Waals surface area contributed by atoms with Crippen LogP contribution in [0.3, 0.4) is 0 Å². The minimum Gasteiger partial charge on any atom is -0.357 e. The quantitative estimate of drug-likeness (QED) is 0.256. The van der Waals surface area contributed by atoms with Crippen molar-refractivity contribution in [2.24, 2.45) is 10.9 Å². The number of rotatable bonds is 9. The van der Waals surface area contributed by atoms with E-state index >= 15 is 0 Å². The second-order valence-electron chi connectivity index (χ2n) is 5.39. The highest BCUT2D eigenvalue weighted by Gasteiger charge is 2.20. The second kappa shape index (κ2) is 13.9. The van der Waals surface area contributed by atoms with Crippen molar-refractivity contribution in [1.82, 2.24) is 15.5 Å². The standard InChI is InChI=1S/C15H32N4S.HI/c1-4-16-15(17-9-6-7-11-20-3)18-12-14-8-10-19(5-2)13-14;/h14H,4-13H2,1-3H3,(H2,16,17,18);1H. The third-order valence-corrected chi connectivity index (χ3v) is 4.43. The molecule has 2 N–H and O–H groups in total. The van der Waals surface area contributed by atoms with E-state index < -0.39 is 0 Å². The number of thioether (sulfide) groups is 1. The minimum absolute atomic E-state index is 0. The normalized spacial score (nSPS) is 19.4. The molecule has 4 nitrogen and oxygen atoms in total. The number of hydrogen-bond acceptors (Lipinski definition) is 3. The van der Waals surface area contributed by atoms with E-state index in [4.69, 9.17) is 4.99 Å². The number of aliphatic imine (C=N–C) groups is 1. The van der Waals surface area contributed by atoms with Gasteiger partial charge in [-0.15, -0.1) is 24.0 Å². The van der Waals surface area contributed by atoms with Gasteiger partial charge in [-0.3, -0.25) is 4.99 Å². The first-order chi connectivity index (χ1) is 9.80. The van der Waals surface area contributed by atoms with Crippen molar-refractivity contribution >= 4 is 41.7 Å². The molecule has 0 radical (unpaired) electrons. The van der Waals surface area contributed by atoms with Crippen molar-refractivity contribution < 1.29 is 0 Å². The lowest BCUT2D eigenvalue weighted by Gasteiger charge is -2.14. The number of unbranched alkanes of at least 4 members (excludes halogenated alkanes) is 1. The first-order valence-electron chi connectivity index (χ1n) is 8.03. The minimum atomic E-state index is 0. The van der Waals surface area contributed by atoms with Crippen molar-refractivity contribution in [2.75, 3.05) is 51.3 Å². The van der Waals surface area contributed by atoms with E-state index in [1.807, 2.05) is 11.8 Å². The number of nitrogens with one attached hydrogen (secondary N) is 2. The van der Waals surface area contributed by atoms with Gasteiger partial charge in [-0.25, -0.2) is 0 Å². The molecule has 6 heteroatoms. The molecule has 0 amide bonds. The molecule has 1 aliphatic heterocycles. The van der Waals surface area contributed by atoms with E-state index in [0.717, 1.165) is 31.5 Å². The van der Waals surface area contributed by atoms with E-state index in [9.17, 15) is 0 Å². The molecule has 1 aliphatic rings. The zero-order valence-electron chi connectivity index (χ0n) is 13.9. The van der Waals surface area contributed by atoms with Crippen LogP contribution < -0.4 is 10.6 Å². The van der Waals surface area contributed by atoms with Crippen LogP contribution in [0.4, 0.5) is 0 Å². The maximum Gasteiger partial charge on any atom is 0.191 e. The summed E-state index contributed by atoms with van der Waals surface area (Å²) in [5, 5.41) is 6.79. The summed E-state index contributed by atoms with van der Waals surface area (Å²) < 4.78 is 0. The third kappa shape index (κ3) is 9.84. The molecule has 1 atom stereocenters. The second-order valence-corrected chi connectivity index (χ2v) is 6.38. The van der Waals surface area contributed by atoms with Gasteiger partial charge in [-0.05, 0) is 57.2 Å². The first-order valence-corrected chi connectivity index (χ1v) is 9.43. The van der Waals surface area contributed by atoms with Gasteiger partial charge >= 0.3 is 0 Å². The summed E-state index contributed by atoms with van der Waals surface area (Å²) in [6.45, 7) is 10.9. The molecule has 126 valence electrons.